The second-order valence-electron chi connectivity index (χ2n) is 14.1. The SMILES string of the molecule is c1ccc(-c2cccc3cc(-c4nc(-c5ccc(-c6ccc7ccccc7c6)cc5)nc(-c5ccc6cc7oc8ccccc8c7cc6c5)n4)ccc23)cc1. The molecular weight excluding hydrogens is 671 g/mol. The Morgan fingerprint density at radius 1 is 0.273 bits per heavy atom. The van der Waals surface area contributed by atoms with E-state index in [0.717, 1.165) is 60.4 Å². The van der Waals surface area contributed by atoms with Crippen molar-refractivity contribution < 1.29 is 4.42 Å². The molecule has 4 nitrogen and oxygen atoms in total. The van der Waals surface area contributed by atoms with Crippen molar-refractivity contribution in [2.75, 3.05) is 0 Å². The smallest absolute Gasteiger partial charge is 0.164 e. The first-order chi connectivity index (χ1) is 27.2. The third-order valence-electron chi connectivity index (χ3n) is 10.7. The van der Waals surface area contributed by atoms with Crippen molar-refractivity contribution in [3.8, 4) is 56.4 Å². The van der Waals surface area contributed by atoms with Crippen LogP contribution in [0, 0.1) is 0 Å². The molecular formula is C51H31N3O. The molecule has 256 valence electrons. The van der Waals surface area contributed by atoms with Crippen LogP contribution in [0.1, 0.15) is 0 Å². The summed E-state index contributed by atoms with van der Waals surface area (Å²) in [6, 6.07) is 66.0. The Labute approximate surface area is 317 Å². The molecule has 55 heavy (non-hydrogen) atoms. The van der Waals surface area contributed by atoms with Gasteiger partial charge < -0.3 is 4.42 Å². The first-order valence-electron chi connectivity index (χ1n) is 18.5. The molecule has 2 heterocycles. The van der Waals surface area contributed by atoms with Gasteiger partial charge in [-0.3, -0.25) is 0 Å². The number of para-hydroxylation sites is 1. The van der Waals surface area contributed by atoms with Crippen LogP contribution < -0.4 is 0 Å². The van der Waals surface area contributed by atoms with E-state index in [1.54, 1.807) is 0 Å². The van der Waals surface area contributed by atoms with Gasteiger partial charge in [-0.1, -0.05) is 152 Å². The van der Waals surface area contributed by atoms with E-state index in [4.69, 9.17) is 19.4 Å². The summed E-state index contributed by atoms with van der Waals surface area (Å²) >= 11 is 0. The maximum Gasteiger partial charge on any atom is 0.164 e. The van der Waals surface area contributed by atoms with Gasteiger partial charge in [0.2, 0.25) is 0 Å². The molecule has 0 saturated heterocycles. The van der Waals surface area contributed by atoms with Gasteiger partial charge in [0.15, 0.2) is 17.5 Å². The number of rotatable bonds is 5. The molecule has 9 aromatic carbocycles. The molecule has 0 spiro atoms. The molecule has 0 aliphatic carbocycles. The molecule has 0 radical (unpaired) electrons. The summed E-state index contributed by atoms with van der Waals surface area (Å²) in [7, 11) is 0. The number of benzene rings is 9. The first kappa shape index (κ1) is 31.1. The molecule has 0 amide bonds. The summed E-state index contributed by atoms with van der Waals surface area (Å²) in [6.45, 7) is 0. The molecule has 11 aromatic rings. The number of hydrogen-bond acceptors (Lipinski definition) is 4. The van der Waals surface area contributed by atoms with Gasteiger partial charge in [0, 0.05) is 27.5 Å². The Morgan fingerprint density at radius 3 is 1.69 bits per heavy atom. The number of hydrogen-bond donors (Lipinski definition) is 0. The van der Waals surface area contributed by atoms with Crippen molar-refractivity contribution in [3.05, 3.63) is 188 Å². The Bertz CT molecular complexity index is 3260. The van der Waals surface area contributed by atoms with Crippen LogP contribution in [0.5, 0.6) is 0 Å². The van der Waals surface area contributed by atoms with E-state index in [1.165, 1.54) is 32.8 Å². The largest absolute Gasteiger partial charge is 0.456 e. The lowest BCUT2D eigenvalue weighted by molar-refractivity contribution is 0.669. The zero-order valence-electron chi connectivity index (χ0n) is 29.6. The molecule has 0 N–H and O–H groups in total. The van der Waals surface area contributed by atoms with Crippen LogP contribution in [-0.2, 0) is 0 Å². The number of aromatic nitrogens is 3. The number of nitrogens with zero attached hydrogens (tertiary/aromatic N) is 3. The molecule has 4 heteroatoms. The lowest BCUT2D eigenvalue weighted by Crippen LogP contribution is -2.00. The van der Waals surface area contributed by atoms with E-state index < -0.39 is 0 Å². The van der Waals surface area contributed by atoms with Gasteiger partial charge in [-0.05, 0) is 91.0 Å². The predicted octanol–water partition coefficient (Wildman–Crippen LogP) is 13.6. The standard InChI is InChI=1S/C51H31N3O/c1-2-10-34(11-3-1)43-15-8-13-39-28-41(25-26-44(39)43)51-53-49(35-20-17-33(18-21-35)37-22-19-32-9-4-5-12-36(32)27-37)52-50(54-51)40-24-23-38-31-48-46(30-42(38)29-40)45-14-6-7-16-47(45)55-48/h1-31H. The van der Waals surface area contributed by atoms with Crippen molar-refractivity contribution in [2.24, 2.45) is 0 Å². The highest BCUT2D eigenvalue weighted by atomic mass is 16.3. The summed E-state index contributed by atoms with van der Waals surface area (Å²) in [5.41, 5.74) is 9.24. The molecule has 0 atom stereocenters. The van der Waals surface area contributed by atoms with Crippen molar-refractivity contribution in [3.63, 3.8) is 0 Å². The zero-order valence-corrected chi connectivity index (χ0v) is 29.6. The minimum Gasteiger partial charge on any atom is -0.456 e. The summed E-state index contributed by atoms with van der Waals surface area (Å²) in [4.78, 5) is 15.4. The minimum atomic E-state index is 0.621. The first-order valence-corrected chi connectivity index (χ1v) is 18.5. The lowest BCUT2D eigenvalue weighted by atomic mass is 9.97. The molecule has 0 fully saturated rings. The lowest BCUT2D eigenvalue weighted by Gasteiger charge is -2.11. The van der Waals surface area contributed by atoms with E-state index in [0.29, 0.717) is 17.5 Å². The van der Waals surface area contributed by atoms with E-state index in [2.05, 4.69) is 176 Å². The van der Waals surface area contributed by atoms with Crippen molar-refractivity contribution in [1.82, 2.24) is 15.0 Å². The molecule has 0 unspecified atom stereocenters. The van der Waals surface area contributed by atoms with Crippen LogP contribution in [0.4, 0.5) is 0 Å². The van der Waals surface area contributed by atoms with Crippen LogP contribution in [0.3, 0.4) is 0 Å². The summed E-state index contributed by atoms with van der Waals surface area (Å²) in [5.74, 6) is 1.87. The Balaban J connectivity index is 1.05. The van der Waals surface area contributed by atoms with E-state index in [-0.39, 0.29) is 0 Å². The van der Waals surface area contributed by atoms with E-state index >= 15 is 0 Å². The van der Waals surface area contributed by atoms with Gasteiger partial charge in [0.1, 0.15) is 11.2 Å². The molecule has 0 aliphatic heterocycles. The Morgan fingerprint density at radius 2 is 0.855 bits per heavy atom. The van der Waals surface area contributed by atoms with Crippen LogP contribution in [0.25, 0.3) is 111 Å². The van der Waals surface area contributed by atoms with Gasteiger partial charge in [-0.25, -0.2) is 15.0 Å². The highest BCUT2D eigenvalue weighted by molar-refractivity contribution is 6.10. The second kappa shape index (κ2) is 12.6. The molecule has 0 bridgehead atoms. The number of fused-ring (bicyclic) bond motifs is 6. The Kier molecular flexibility index (Phi) is 7.14. The van der Waals surface area contributed by atoms with Gasteiger partial charge in [0.05, 0.1) is 0 Å². The fraction of sp³-hybridized carbons (Fsp3) is 0. The molecule has 2 aromatic heterocycles. The second-order valence-corrected chi connectivity index (χ2v) is 14.1. The van der Waals surface area contributed by atoms with Crippen LogP contribution in [0.15, 0.2) is 192 Å². The maximum absolute atomic E-state index is 6.19. The maximum atomic E-state index is 6.19. The van der Waals surface area contributed by atoms with Crippen LogP contribution >= 0.6 is 0 Å². The van der Waals surface area contributed by atoms with Crippen LogP contribution in [0.2, 0.25) is 0 Å². The summed E-state index contributed by atoms with van der Waals surface area (Å²) in [6.07, 6.45) is 0. The topological polar surface area (TPSA) is 51.8 Å². The van der Waals surface area contributed by atoms with Crippen molar-refractivity contribution >= 4 is 54.3 Å². The van der Waals surface area contributed by atoms with Gasteiger partial charge in [0.25, 0.3) is 0 Å². The minimum absolute atomic E-state index is 0.621. The van der Waals surface area contributed by atoms with E-state index in [9.17, 15) is 0 Å². The highest BCUT2D eigenvalue weighted by Gasteiger charge is 2.16. The quantitative estimate of drug-likeness (QED) is 0.179. The Hall–Kier alpha value is -7.43. The average molecular weight is 702 g/mol. The summed E-state index contributed by atoms with van der Waals surface area (Å²) < 4.78 is 6.19. The fourth-order valence-corrected chi connectivity index (χ4v) is 7.84. The normalized spacial score (nSPS) is 11.6. The van der Waals surface area contributed by atoms with Gasteiger partial charge in [-0.15, -0.1) is 0 Å². The third-order valence-corrected chi connectivity index (χ3v) is 10.7. The van der Waals surface area contributed by atoms with Gasteiger partial charge >= 0.3 is 0 Å². The fourth-order valence-electron chi connectivity index (χ4n) is 7.84. The highest BCUT2D eigenvalue weighted by Crippen LogP contribution is 2.36. The molecule has 0 aliphatic rings. The van der Waals surface area contributed by atoms with Gasteiger partial charge in [-0.2, -0.15) is 0 Å². The third kappa shape index (κ3) is 5.51. The average Bonchev–Trinajstić information content (AvgIpc) is 3.62. The zero-order chi connectivity index (χ0) is 36.3. The monoisotopic (exact) mass is 701 g/mol. The molecule has 11 rings (SSSR count). The van der Waals surface area contributed by atoms with Crippen molar-refractivity contribution in [2.45, 2.75) is 0 Å². The number of furan rings is 1. The predicted molar refractivity (Wildman–Crippen MR) is 227 cm³/mol. The van der Waals surface area contributed by atoms with E-state index in [1.807, 2.05) is 12.1 Å². The molecule has 0 saturated carbocycles. The van der Waals surface area contributed by atoms with Crippen molar-refractivity contribution in [1.29, 1.82) is 0 Å². The summed E-state index contributed by atoms with van der Waals surface area (Å²) in [5, 5.41) is 9.15. The van der Waals surface area contributed by atoms with Crippen LogP contribution in [-0.4, -0.2) is 15.0 Å².